The third kappa shape index (κ3) is 5.54. The van der Waals surface area contributed by atoms with Crippen LogP contribution in [0.25, 0.3) is 10.2 Å². The van der Waals surface area contributed by atoms with Gasteiger partial charge >= 0.3 is 12.0 Å². The summed E-state index contributed by atoms with van der Waals surface area (Å²) in [5.74, 6) is -0.864. The van der Waals surface area contributed by atoms with Crippen LogP contribution in [0.1, 0.15) is 56.9 Å². The minimum Gasteiger partial charge on any atom is -0.448 e. The molecule has 2 heterocycles. The molecule has 154 valence electrons. The molecule has 0 spiro atoms. The van der Waals surface area contributed by atoms with Gasteiger partial charge in [0.2, 0.25) is 0 Å². The average molecular weight is 409 g/mol. The van der Waals surface area contributed by atoms with Gasteiger partial charge in [0.05, 0.1) is 5.69 Å². The van der Waals surface area contributed by atoms with Crippen LogP contribution in [0.15, 0.2) is 6.07 Å². The fourth-order valence-electron chi connectivity index (χ4n) is 2.54. The lowest BCUT2D eigenvalue weighted by Crippen LogP contribution is -2.50. The first-order valence-corrected chi connectivity index (χ1v) is 10.00. The number of aryl methyl sites for hydroxylation is 1. The number of amides is 3. The summed E-state index contributed by atoms with van der Waals surface area (Å²) in [5.41, 5.74) is 0.360. The lowest BCUT2D eigenvalue weighted by atomic mass is 10.1. The van der Waals surface area contributed by atoms with Crippen LogP contribution in [0.4, 0.5) is 4.79 Å². The van der Waals surface area contributed by atoms with E-state index in [0.29, 0.717) is 10.8 Å². The number of thiophene rings is 1. The molecule has 0 aliphatic carbocycles. The summed E-state index contributed by atoms with van der Waals surface area (Å²) >= 11 is 1.29. The Balaban J connectivity index is 2.05. The predicted molar refractivity (Wildman–Crippen MR) is 108 cm³/mol. The number of imide groups is 1. The number of carbonyl (C=O) groups is 3. The lowest BCUT2D eigenvalue weighted by molar-refractivity contribution is -0.127. The molecule has 1 atom stereocenters. The van der Waals surface area contributed by atoms with Crippen molar-refractivity contribution in [1.82, 2.24) is 20.4 Å². The number of hydrogen-bond donors (Lipinski definition) is 2. The molecule has 9 heteroatoms. The van der Waals surface area contributed by atoms with Crippen molar-refractivity contribution in [3.8, 4) is 0 Å². The first-order valence-electron chi connectivity index (χ1n) is 9.18. The van der Waals surface area contributed by atoms with Crippen molar-refractivity contribution in [2.75, 3.05) is 0 Å². The molecule has 0 aliphatic rings. The molecule has 2 aromatic heterocycles. The predicted octanol–water partition coefficient (Wildman–Crippen LogP) is 3.23. The molecule has 0 fully saturated rings. The van der Waals surface area contributed by atoms with Crippen molar-refractivity contribution in [1.29, 1.82) is 0 Å². The van der Waals surface area contributed by atoms with Gasteiger partial charge in [-0.2, -0.15) is 5.10 Å². The first kappa shape index (κ1) is 21.9. The monoisotopic (exact) mass is 408 g/mol. The molecule has 2 N–H and O–H groups in total. The highest BCUT2D eigenvalue weighted by molar-refractivity contribution is 7.20. The molecule has 0 saturated carbocycles. The van der Waals surface area contributed by atoms with Gasteiger partial charge < -0.3 is 10.1 Å². The Hall–Kier alpha value is -2.42. The van der Waals surface area contributed by atoms with Crippen molar-refractivity contribution in [2.24, 2.45) is 5.92 Å². The Morgan fingerprint density at radius 2 is 1.89 bits per heavy atom. The van der Waals surface area contributed by atoms with E-state index in [1.807, 2.05) is 11.6 Å². The standard InChI is InChI=1S/C19H28N4O4S/c1-10(2)9-23-16-13(11(3)22-23)8-14(28-16)17(25)27-12(4)15(24)20-18(26)21-19(5,6)7/h8,10,12H,9H2,1-7H3,(H2,20,21,24,26)/t12-/m0/s1. The summed E-state index contributed by atoms with van der Waals surface area (Å²) in [6.07, 6.45) is -1.10. The topological polar surface area (TPSA) is 102 Å². The molecular formula is C19H28N4O4S. The van der Waals surface area contributed by atoms with Crippen LogP contribution in [-0.4, -0.2) is 39.3 Å². The number of hydrogen-bond acceptors (Lipinski definition) is 6. The van der Waals surface area contributed by atoms with Gasteiger partial charge in [-0.05, 0) is 46.6 Å². The van der Waals surface area contributed by atoms with Gasteiger partial charge in [0, 0.05) is 17.5 Å². The van der Waals surface area contributed by atoms with E-state index in [2.05, 4.69) is 29.6 Å². The number of rotatable bonds is 5. The number of aromatic nitrogens is 2. The fraction of sp³-hybridized carbons (Fsp3) is 0.579. The van der Waals surface area contributed by atoms with E-state index in [-0.39, 0.29) is 0 Å². The molecule has 28 heavy (non-hydrogen) atoms. The normalized spacial score (nSPS) is 12.9. The largest absolute Gasteiger partial charge is 0.448 e. The van der Waals surface area contributed by atoms with Gasteiger partial charge in [0.25, 0.3) is 5.91 Å². The minimum atomic E-state index is -1.10. The van der Waals surface area contributed by atoms with Crippen molar-refractivity contribution >= 4 is 39.5 Å². The molecule has 0 aromatic carbocycles. The van der Waals surface area contributed by atoms with E-state index in [4.69, 9.17) is 4.74 Å². The van der Waals surface area contributed by atoms with Gasteiger partial charge in [0.1, 0.15) is 9.71 Å². The van der Waals surface area contributed by atoms with E-state index >= 15 is 0 Å². The smallest absolute Gasteiger partial charge is 0.349 e. The zero-order chi connectivity index (χ0) is 21.2. The Bertz CT molecular complexity index is 892. The first-order chi connectivity index (χ1) is 12.9. The van der Waals surface area contributed by atoms with Crippen LogP contribution in [0.2, 0.25) is 0 Å². The highest BCUT2D eigenvalue weighted by Crippen LogP contribution is 2.29. The third-order valence-corrected chi connectivity index (χ3v) is 4.85. The quantitative estimate of drug-likeness (QED) is 0.740. The summed E-state index contributed by atoms with van der Waals surface area (Å²) in [6.45, 7) is 13.7. The molecule has 0 bridgehead atoms. The van der Waals surface area contributed by atoms with Crippen LogP contribution in [0.5, 0.6) is 0 Å². The third-order valence-electron chi connectivity index (χ3n) is 3.72. The Labute approximate surface area is 168 Å². The summed E-state index contributed by atoms with van der Waals surface area (Å²) in [7, 11) is 0. The van der Waals surface area contributed by atoms with Crippen molar-refractivity contribution < 1.29 is 19.1 Å². The van der Waals surface area contributed by atoms with Crippen LogP contribution in [0.3, 0.4) is 0 Å². The van der Waals surface area contributed by atoms with E-state index in [0.717, 1.165) is 22.5 Å². The Kier molecular flexibility index (Phi) is 6.48. The zero-order valence-electron chi connectivity index (χ0n) is 17.4. The summed E-state index contributed by atoms with van der Waals surface area (Å²) in [4.78, 5) is 37.6. The van der Waals surface area contributed by atoms with Gasteiger partial charge in [-0.3, -0.25) is 14.8 Å². The number of nitrogens with zero attached hydrogens (tertiary/aromatic N) is 2. The lowest BCUT2D eigenvalue weighted by Gasteiger charge is -2.21. The number of carbonyl (C=O) groups excluding carboxylic acids is 3. The SMILES string of the molecule is Cc1nn(CC(C)C)c2sc(C(=O)O[C@@H](C)C(=O)NC(=O)NC(C)(C)C)cc12. The molecule has 2 rings (SSSR count). The maximum atomic E-state index is 12.5. The van der Waals surface area contributed by atoms with Crippen molar-refractivity contribution in [2.45, 2.75) is 66.7 Å². The van der Waals surface area contributed by atoms with Crippen molar-refractivity contribution in [3.05, 3.63) is 16.6 Å². The average Bonchev–Trinajstić information content (AvgIpc) is 3.06. The second-order valence-electron chi connectivity index (χ2n) is 8.23. The van der Waals surface area contributed by atoms with E-state index in [9.17, 15) is 14.4 Å². The Morgan fingerprint density at radius 3 is 2.46 bits per heavy atom. The molecular weight excluding hydrogens is 380 g/mol. The van der Waals surface area contributed by atoms with Gasteiger partial charge in [-0.25, -0.2) is 9.59 Å². The number of esters is 1. The minimum absolute atomic E-state index is 0.395. The number of urea groups is 1. The van der Waals surface area contributed by atoms with Crippen LogP contribution < -0.4 is 10.6 Å². The van der Waals surface area contributed by atoms with Crippen LogP contribution in [0, 0.1) is 12.8 Å². The molecule has 0 aliphatic heterocycles. The molecule has 8 nitrogen and oxygen atoms in total. The number of nitrogens with one attached hydrogen (secondary N) is 2. The second-order valence-corrected chi connectivity index (χ2v) is 9.26. The van der Waals surface area contributed by atoms with Crippen molar-refractivity contribution in [3.63, 3.8) is 0 Å². The summed E-state index contributed by atoms with van der Waals surface area (Å²) < 4.78 is 7.13. The number of ether oxygens (including phenoxy) is 1. The van der Waals surface area contributed by atoms with E-state index in [1.54, 1.807) is 26.8 Å². The maximum Gasteiger partial charge on any atom is 0.349 e. The fourth-order valence-corrected chi connectivity index (χ4v) is 3.59. The van der Waals surface area contributed by atoms with Gasteiger partial charge in [-0.1, -0.05) is 13.8 Å². The number of fused-ring (bicyclic) bond motifs is 1. The molecule has 3 amide bonds. The van der Waals surface area contributed by atoms with Crippen LogP contribution in [-0.2, 0) is 16.1 Å². The summed E-state index contributed by atoms with van der Waals surface area (Å²) in [5, 5.41) is 10.2. The molecule has 0 unspecified atom stereocenters. The van der Waals surface area contributed by atoms with Crippen LogP contribution >= 0.6 is 11.3 Å². The zero-order valence-corrected chi connectivity index (χ0v) is 18.2. The molecule has 0 saturated heterocycles. The van der Waals surface area contributed by atoms with E-state index < -0.39 is 29.6 Å². The van der Waals surface area contributed by atoms with Gasteiger partial charge in [0.15, 0.2) is 6.10 Å². The molecule has 0 radical (unpaired) electrons. The Morgan fingerprint density at radius 1 is 1.25 bits per heavy atom. The summed E-state index contributed by atoms with van der Waals surface area (Å²) in [6, 6.07) is 1.10. The maximum absolute atomic E-state index is 12.5. The van der Waals surface area contributed by atoms with Gasteiger partial charge in [-0.15, -0.1) is 11.3 Å². The highest BCUT2D eigenvalue weighted by Gasteiger charge is 2.24. The van der Waals surface area contributed by atoms with E-state index in [1.165, 1.54) is 18.3 Å². The second kappa shape index (κ2) is 8.30. The highest BCUT2D eigenvalue weighted by atomic mass is 32.1. The molecule has 2 aromatic rings.